The molecule has 0 amide bonds. The quantitative estimate of drug-likeness (QED) is 0.923. The van der Waals surface area contributed by atoms with Crippen LogP contribution in [0.2, 0.25) is 0 Å². The lowest BCUT2D eigenvalue weighted by molar-refractivity contribution is 0.754. The Bertz CT molecular complexity index is 586. The second-order valence-electron chi connectivity index (χ2n) is 5.51. The highest BCUT2D eigenvalue weighted by atomic mass is 32.1. The molecule has 100 valence electrons. The van der Waals surface area contributed by atoms with E-state index in [0.29, 0.717) is 18.4 Å². The number of fused-ring (bicyclic) bond motifs is 1. The van der Waals surface area contributed by atoms with E-state index < -0.39 is 0 Å². The highest BCUT2D eigenvalue weighted by Gasteiger charge is 2.27. The van der Waals surface area contributed by atoms with E-state index in [2.05, 4.69) is 38.1 Å². The molecule has 1 unspecified atom stereocenters. The summed E-state index contributed by atoms with van der Waals surface area (Å²) in [6, 6.07) is 8.77. The Kier molecular flexibility index (Phi) is 3.42. The Morgan fingerprint density at radius 3 is 2.84 bits per heavy atom. The van der Waals surface area contributed by atoms with Crippen LogP contribution in [-0.4, -0.2) is 4.98 Å². The molecule has 1 atom stereocenters. The maximum absolute atomic E-state index is 5.87. The molecule has 1 heterocycles. The van der Waals surface area contributed by atoms with Gasteiger partial charge in [0.2, 0.25) is 0 Å². The molecule has 1 aromatic carbocycles. The zero-order valence-corrected chi connectivity index (χ0v) is 12.3. The number of thiazole rings is 1. The molecule has 2 aromatic rings. The van der Waals surface area contributed by atoms with Gasteiger partial charge in [-0.2, -0.15) is 0 Å². The number of aryl methyl sites for hydroxylation is 1. The normalized spacial score (nSPS) is 18.0. The minimum absolute atomic E-state index is 0.459. The third kappa shape index (κ3) is 2.21. The van der Waals surface area contributed by atoms with E-state index >= 15 is 0 Å². The molecule has 2 N–H and O–H groups in total. The largest absolute Gasteiger partial charge is 0.326 e. The van der Waals surface area contributed by atoms with Crippen LogP contribution in [0.5, 0.6) is 0 Å². The number of aromatic nitrogens is 1. The van der Waals surface area contributed by atoms with Crippen LogP contribution in [0.3, 0.4) is 0 Å². The van der Waals surface area contributed by atoms with Crippen LogP contribution in [0, 0.1) is 0 Å². The van der Waals surface area contributed by atoms with E-state index in [4.69, 9.17) is 10.7 Å². The zero-order chi connectivity index (χ0) is 13.4. The van der Waals surface area contributed by atoms with E-state index in [1.165, 1.54) is 39.5 Å². The van der Waals surface area contributed by atoms with Crippen LogP contribution in [0.25, 0.3) is 0 Å². The van der Waals surface area contributed by atoms with Crippen molar-refractivity contribution in [3.8, 4) is 0 Å². The molecule has 0 aliphatic heterocycles. The molecular formula is C16H20N2S. The van der Waals surface area contributed by atoms with Gasteiger partial charge in [-0.15, -0.1) is 11.3 Å². The highest BCUT2D eigenvalue weighted by Crippen LogP contribution is 2.41. The topological polar surface area (TPSA) is 38.9 Å². The van der Waals surface area contributed by atoms with Crippen molar-refractivity contribution < 1.29 is 0 Å². The molecule has 1 aliphatic rings. The lowest BCUT2D eigenvalue weighted by atomic mass is 10.0. The first-order valence-corrected chi connectivity index (χ1v) is 7.79. The van der Waals surface area contributed by atoms with Crippen LogP contribution >= 0.6 is 11.3 Å². The van der Waals surface area contributed by atoms with Gasteiger partial charge in [0.1, 0.15) is 5.01 Å². The van der Waals surface area contributed by atoms with E-state index in [-0.39, 0.29) is 0 Å². The van der Waals surface area contributed by atoms with Crippen molar-refractivity contribution in [1.82, 2.24) is 4.98 Å². The van der Waals surface area contributed by atoms with Gasteiger partial charge in [0.25, 0.3) is 0 Å². The molecule has 0 spiro atoms. The van der Waals surface area contributed by atoms with Crippen molar-refractivity contribution in [2.75, 3.05) is 0 Å². The van der Waals surface area contributed by atoms with Crippen molar-refractivity contribution in [2.45, 2.75) is 45.1 Å². The molecule has 2 nitrogen and oxygen atoms in total. The third-order valence-electron chi connectivity index (χ3n) is 3.91. The van der Waals surface area contributed by atoms with Crippen molar-refractivity contribution >= 4 is 11.3 Å². The molecule has 0 bridgehead atoms. The molecule has 19 heavy (non-hydrogen) atoms. The number of nitrogens with two attached hydrogens (primary N) is 1. The van der Waals surface area contributed by atoms with Gasteiger partial charge >= 0.3 is 0 Å². The van der Waals surface area contributed by atoms with E-state index in [1.54, 1.807) is 0 Å². The summed E-state index contributed by atoms with van der Waals surface area (Å²) < 4.78 is 0. The maximum Gasteiger partial charge on any atom is 0.101 e. The van der Waals surface area contributed by atoms with Crippen molar-refractivity contribution in [3.63, 3.8) is 0 Å². The van der Waals surface area contributed by atoms with Crippen molar-refractivity contribution in [3.05, 3.63) is 51.0 Å². The summed E-state index contributed by atoms with van der Waals surface area (Å²) in [4.78, 5) is 6.16. The summed E-state index contributed by atoms with van der Waals surface area (Å²) >= 11 is 1.81. The molecule has 1 aromatic heterocycles. The van der Waals surface area contributed by atoms with Gasteiger partial charge < -0.3 is 5.73 Å². The Morgan fingerprint density at radius 1 is 1.37 bits per heavy atom. The van der Waals surface area contributed by atoms with Gasteiger partial charge in [-0.1, -0.05) is 38.1 Å². The van der Waals surface area contributed by atoms with Gasteiger partial charge in [-0.3, -0.25) is 0 Å². The standard InChI is InChI=1S/C16H20N2S/c1-10(2)15-14(9-17)19-16(18-15)13-8-7-11-5-3-4-6-12(11)13/h3-6,10,13H,7-9,17H2,1-2H3. The van der Waals surface area contributed by atoms with E-state index in [1.807, 2.05) is 11.3 Å². The number of nitrogens with zero attached hydrogens (tertiary/aromatic N) is 1. The monoisotopic (exact) mass is 272 g/mol. The molecule has 0 fully saturated rings. The number of hydrogen-bond donors (Lipinski definition) is 1. The second-order valence-corrected chi connectivity index (χ2v) is 6.62. The van der Waals surface area contributed by atoms with Gasteiger partial charge in [0.15, 0.2) is 0 Å². The summed E-state index contributed by atoms with van der Waals surface area (Å²) in [7, 11) is 0. The maximum atomic E-state index is 5.87. The SMILES string of the molecule is CC(C)c1nc(C2CCc3ccccc32)sc1CN. The van der Waals surface area contributed by atoms with Crippen LogP contribution in [0.4, 0.5) is 0 Å². The molecule has 3 heteroatoms. The van der Waals surface area contributed by atoms with Crippen molar-refractivity contribution in [1.29, 1.82) is 0 Å². The predicted molar refractivity (Wildman–Crippen MR) is 80.7 cm³/mol. The molecule has 0 saturated heterocycles. The van der Waals surface area contributed by atoms with Crippen LogP contribution < -0.4 is 5.73 Å². The number of hydrogen-bond acceptors (Lipinski definition) is 3. The van der Waals surface area contributed by atoms with Gasteiger partial charge in [-0.05, 0) is 29.9 Å². The first-order chi connectivity index (χ1) is 9.20. The minimum atomic E-state index is 0.459. The van der Waals surface area contributed by atoms with Gasteiger partial charge in [0, 0.05) is 17.3 Å². The second kappa shape index (κ2) is 5.06. The number of benzene rings is 1. The molecular weight excluding hydrogens is 252 g/mol. The molecule has 0 radical (unpaired) electrons. The fourth-order valence-electron chi connectivity index (χ4n) is 2.94. The van der Waals surface area contributed by atoms with E-state index in [0.717, 1.165) is 0 Å². The summed E-state index contributed by atoms with van der Waals surface area (Å²) in [6.07, 6.45) is 2.36. The Balaban J connectivity index is 2.00. The van der Waals surface area contributed by atoms with E-state index in [9.17, 15) is 0 Å². The minimum Gasteiger partial charge on any atom is -0.326 e. The summed E-state index contributed by atoms with van der Waals surface area (Å²) in [5.74, 6) is 0.944. The fourth-order valence-corrected chi connectivity index (χ4v) is 4.20. The highest BCUT2D eigenvalue weighted by molar-refractivity contribution is 7.11. The number of rotatable bonds is 3. The fraction of sp³-hybridized carbons (Fsp3) is 0.438. The zero-order valence-electron chi connectivity index (χ0n) is 11.5. The van der Waals surface area contributed by atoms with Crippen LogP contribution in [-0.2, 0) is 13.0 Å². The summed E-state index contributed by atoms with van der Waals surface area (Å²) in [6.45, 7) is 5.00. The average Bonchev–Trinajstić information content (AvgIpc) is 3.01. The summed E-state index contributed by atoms with van der Waals surface area (Å²) in [5, 5.41) is 1.26. The first-order valence-electron chi connectivity index (χ1n) is 6.98. The van der Waals surface area contributed by atoms with Gasteiger partial charge in [0.05, 0.1) is 5.69 Å². The Hall–Kier alpha value is -1.19. The average molecular weight is 272 g/mol. The molecule has 1 aliphatic carbocycles. The van der Waals surface area contributed by atoms with Gasteiger partial charge in [-0.25, -0.2) is 4.98 Å². The third-order valence-corrected chi connectivity index (χ3v) is 5.11. The van der Waals surface area contributed by atoms with Crippen LogP contribution in [0.15, 0.2) is 24.3 Å². The molecule has 0 saturated carbocycles. The van der Waals surface area contributed by atoms with Crippen LogP contribution in [0.1, 0.15) is 58.8 Å². The lowest BCUT2D eigenvalue weighted by Gasteiger charge is -2.07. The van der Waals surface area contributed by atoms with Crippen molar-refractivity contribution in [2.24, 2.45) is 5.73 Å². The Morgan fingerprint density at radius 2 is 2.16 bits per heavy atom. The molecule has 3 rings (SSSR count). The first kappa shape index (κ1) is 12.8. The lowest BCUT2D eigenvalue weighted by Crippen LogP contribution is -2.00. The smallest absolute Gasteiger partial charge is 0.101 e. The summed E-state index contributed by atoms with van der Waals surface area (Å²) in [5.41, 5.74) is 10.0. The predicted octanol–water partition coefficient (Wildman–Crippen LogP) is 3.80. The Labute approximate surface area is 118 Å².